The standard InChI is InChI=1S/C20H25N5O2/c1-13-12-18(25(2)3)24-20(21-13)23-16-8-6-15(7-9-16)22-19(27)14-4-10-17(26)11-5-14/h6-9,12,14H,4-5,10-11H2,1-3H3,(H,22,27)(H,21,23,24). The van der Waals surface area contributed by atoms with Crippen molar-refractivity contribution in [3.63, 3.8) is 0 Å². The zero-order valence-electron chi connectivity index (χ0n) is 16.0. The maximum absolute atomic E-state index is 12.3. The van der Waals surface area contributed by atoms with Crippen LogP contribution in [0, 0.1) is 12.8 Å². The third-order valence-electron chi connectivity index (χ3n) is 4.62. The molecule has 7 nitrogen and oxygen atoms in total. The van der Waals surface area contributed by atoms with Gasteiger partial charge < -0.3 is 15.5 Å². The van der Waals surface area contributed by atoms with Gasteiger partial charge in [0.25, 0.3) is 0 Å². The molecular weight excluding hydrogens is 342 g/mol. The molecule has 1 heterocycles. The quantitative estimate of drug-likeness (QED) is 0.843. The molecule has 0 aliphatic heterocycles. The van der Waals surface area contributed by atoms with E-state index in [0.717, 1.165) is 22.9 Å². The van der Waals surface area contributed by atoms with Crippen LogP contribution in [0.15, 0.2) is 30.3 Å². The molecule has 1 saturated carbocycles. The lowest BCUT2D eigenvalue weighted by atomic mass is 9.88. The number of hydrogen-bond acceptors (Lipinski definition) is 6. The summed E-state index contributed by atoms with van der Waals surface area (Å²) in [7, 11) is 3.87. The number of amides is 1. The number of ketones is 1. The highest BCUT2D eigenvalue weighted by Crippen LogP contribution is 2.24. The van der Waals surface area contributed by atoms with E-state index in [2.05, 4.69) is 20.6 Å². The summed E-state index contributed by atoms with van der Waals surface area (Å²) in [5, 5.41) is 6.12. The maximum atomic E-state index is 12.3. The van der Waals surface area contributed by atoms with Crippen LogP contribution in [0.25, 0.3) is 0 Å². The lowest BCUT2D eigenvalue weighted by Gasteiger charge is -2.20. The van der Waals surface area contributed by atoms with Gasteiger partial charge in [0.2, 0.25) is 11.9 Å². The van der Waals surface area contributed by atoms with Crippen LogP contribution in [0.1, 0.15) is 31.4 Å². The lowest BCUT2D eigenvalue weighted by Crippen LogP contribution is -2.27. The van der Waals surface area contributed by atoms with Gasteiger partial charge in [-0.15, -0.1) is 0 Å². The summed E-state index contributed by atoms with van der Waals surface area (Å²) >= 11 is 0. The van der Waals surface area contributed by atoms with E-state index >= 15 is 0 Å². The maximum Gasteiger partial charge on any atom is 0.229 e. The average molecular weight is 367 g/mol. The van der Waals surface area contributed by atoms with Crippen molar-refractivity contribution in [3.8, 4) is 0 Å². The zero-order valence-corrected chi connectivity index (χ0v) is 16.0. The third kappa shape index (κ3) is 5.03. The Bertz CT molecular complexity index is 823. The molecular formula is C20H25N5O2. The van der Waals surface area contributed by atoms with Crippen LogP contribution in [0.3, 0.4) is 0 Å². The first-order chi connectivity index (χ1) is 12.9. The summed E-state index contributed by atoms with van der Waals surface area (Å²) in [5.74, 6) is 1.53. The van der Waals surface area contributed by atoms with E-state index in [9.17, 15) is 9.59 Å². The molecule has 1 fully saturated rings. The first kappa shape index (κ1) is 18.8. The van der Waals surface area contributed by atoms with E-state index in [-0.39, 0.29) is 17.6 Å². The summed E-state index contributed by atoms with van der Waals surface area (Å²) < 4.78 is 0. The van der Waals surface area contributed by atoms with Gasteiger partial charge in [0.05, 0.1) is 0 Å². The number of anilines is 4. The van der Waals surface area contributed by atoms with Gasteiger partial charge in [0.15, 0.2) is 0 Å². The summed E-state index contributed by atoms with van der Waals surface area (Å²) in [6.07, 6.45) is 2.30. The highest BCUT2D eigenvalue weighted by molar-refractivity contribution is 5.94. The topological polar surface area (TPSA) is 87.2 Å². The van der Waals surface area contributed by atoms with Crippen molar-refractivity contribution in [3.05, 3.63) is 36.0 Å². The molecule has 0 bridgehead atoms. The van der Waals surface area contributed by atoms with Crippen molar-refractivity contribution in [2.75, 3.05) is 29.6 Å². The minimum atomic E-state index is -0.0781. The van der Waals surface area contributed by atoms with E-state index in [1.54, 1.807) is 0 Å². The van der Waals surface area contributed by atoms with E-state index in [1.165, 1.54) is 0 Å². The molecule has 0 atom stereocenters. The van der Waals surface area contributed by atoms with Gasteiger partial charge in [0.1, 0.15) is 11.6 Å². The number of hydrogen-bond donors (Lipinski definition) is 2. The summed E-state index contributed by atoms with van der Waals surface area (Å²) in [5.41, 5.74) is 2.46. The van der Waals surface area contributed by atoms with Crippen molar-refractivity contribution in [1.29, 1.82) is 0 Å². The normalized spacial score (nSPS) is 14.7. The Labute approximate surface area is 159 Å². The fourth-order valence-corrected chi connectivity index (χ4v) is 3.05. The Morgan fingerprint density at radius 2 is 1.70 bits per heavy atom. The second-order valence-corrected chi connectivity index (χ2v) is 7.09. The van der Waals surface area contributed by atoms with Crippen molar-refractivity contribution >= 4 is 34.8 Å². The number of Topliss-reactive ketones (excluding diaryl/α,β-unsaturated/α-hetero) is 1. The van der Waals surface area contributed by atoms with Crippen LogP contribution in [-0.4, -0.2) is 35.8 Å². The minimum absolute atomic E-state index is 0.0131. The number of aromatic nitrogens is 2. The molecule has 0 unspecified atom stereocenters. The van der Waals surface area contributed by atoms with Crippen LogP contribution in [0.2, 0.25) is 0 Å². The summed E-state index contributed by atoms with van der Waals surface area (Å²) in [6.45, 7) is 1.93. The zero-order chi connectivity index (χ0) is 19.4. The van der Waals surface area contributed by atoms with Gasteiger partial charge in [-0.05, 0) is 44.0 Å². The Morgan fingerprint density at radius 1 is 1.07 bits per heavy atom. The van der Waals surface area contributed by atoms with Crippen molar-refractivity contribution in [1.82, 2.24) is 9.97 Å². The molecule has 0 saturated heterocycles. The van der Waals surface area contributed by atoms with Gasteiger partial charge in [0, 0.05) is 56.0 Å². The lowest BCUT2D eigenvalue weighted by molar-refractivity contribution is -0.125. The second kappa shape index (κ2) is 8.16. The van der Waals surface area contributed by atoms with Gasteiger partial charge in [-0.1, -0.05) is 0 Å². The molecule has 1 aromatic carbocycles. The van der Waals surface area contributed by atoms with Gasteiger partial charge >= 0.3 is 0 Å². The van der Waals surface area contributed by atoms with Crippen LogP contribution in [0.5, 0.6) is 0 Å². The molecule has 0 spiro atoms. The highest BCUT2D eigenvalue weighted by atomic mass is 16.2. The Morgan fingerprint density at radius 3 is 2.33 bits per heavy atom. The molecule has 0 radical (unpaired) electrons. The van der Waals surface area contributed by atoms with Crippen molar-refractivity contribution in [2.45, 2.75) is 32.6 Å². The molecule has 2 N–H and O–H groups in total. The molecule has 1 aliphatic rings. The fourth-order valence-electron chi connectivity index (χ4n) is 3.05. The highest BCUT2D eigenvalue weighted by Gasteiger charge is 2.24. The third-order valence-corrected chi connectivity index (χ3v) is 4.62. The van der Waals surface area contributed by atoms with Crippen LogP contribution in [0.4, 0.5) is 23.1 Å². The number of benzene rings is 1. The average Bonchev–Trinajstić information content (AvgIpc) is 2.63. The predicted octanol–water partition coefficient (Wildman–Crippen LogP) is 3.29. The fraction of sp³-hybridized carbons (Fsp3) is 0.400. The first-order valence-electron chi connectivity index (χ1n) is 9.13. The summed E-state index contributed by atoms with van der Waals surface area (Å²) in [6, 6.07) is 9.36. The molecule has 27 heavy (non-hydrogen) atoms. The number of carbonyl (C=O) groups excluding carboxylic acids is 2. The van der Waals surface area contributed by atoms with Gasteiger partial charge in [-0.3, -0.25) is 9.59 Å². The van der Waals surface area contributed by atoms with E-state index < -0.39 is 0 Å². The molecule has 7 heteroatoms. The van der Waals surface area contributed by atoms with E-state index in [4.69, 9.17) is 0 Å². The Balaban J connectivity index is 1.62. The van der Waals surface area contributed by atoms with Crippen molar-refractivity contribution < 1.29 is 9.59 Å². The van der Waals surface area contributed by atoms with Gasteiger partial charge in [-0.25, -0.2) is 4.98 Å². The van der Waals surface area contributed by atoms with E-state index in [1.807, 2.05) is 56.3 Å². The van der Waals surface area contributed by atoms with Crippen LogP contribution < -0.4 is 15.5 Å². The Kier molecular flexibility index (Phi) is 5.69. The molecule has 1 aromatic heterocycles. The number of rotatable bonds is 5. The smallest absolute Gasteiger partial charge is 0.229 e. The molecule has 1 aliphatic carbocycles. The minimum Gasteiger partial charge on any atom is -0.363 e. The van der Waals surface area contributed by atoms with Gasteiger partial charge in [-0.2, -0.15) is 4.98 Å². The molecule has 142 valence electrons. The molecule has 2 aromatic rings. The number of nitrogens with one attached hydrogen (secondary N) is 2. The number of aryl methyl sites for hydroxylation is 1. The summed E-state index contributed by atoms with van der Waals surface area (Å²) in [4.78, 5) is 34.4. The van der Waals surface area contributed by atoms with Crippen LogP contribution >= 0.6 is 0 Å². The first-order valence-corrected chi connectivity index (χ1v) is 9.13. The van der Waals surface area contributed by atoms with Crippen LogP contribution in [-0.2, 0) is 9.59 Å². The Hall–Kier alpha value is -2.96. The molecule has 3 rings (SSSR count). The van der Waals surface area contributed by atoms with Crippen molar-refractivity contribution in [2.24, 2.45) is 5.92 Å². The number of nitrogens with zero attached hydrogens (tertiary/aromatic N) is 3. The monoisotopic (exact) mass is 367 g/mol. The number of carbonyl (C=O) groups is 2. The SMILES string of the molecule is Cc1cc(N(C)C)nc(Nc2ccc(NC(=O)C3CCC(=O)CC3)cc2)n1. The van der Waals surface area contributed by atoms with E-state index in [0.29, 0.717) is 31.6 Å². The molecule has 1 amide bonds. The second-order valence-electron chi connectivity index (χ2n) is 7.09. The predicted molar refractivity (Wildman–Crippen MR) is 106 cm³/mol. The largest absolute Gasteiger partial charge is 0.363 e.